The third-order valence-electron chi connectivity index (χ3n) is 4.64. The zero-order chi connectivity index (χ0) is 16.6. The molecule has 24 heavy (non-hydrogen) atoms. The van der Waals surface area contributed by atoms with Crippen LogP contribution in [0, 0.1) is 6.92 Å². The number of anilines is 1. The molecule has 4 rings (SSSR count). The summed E-state index contributed by atoms with van der Waals surface area (Å²) in [5.41, 5.74) is 6.32. The molecule has 1 heterocycles. The quantitative estimate of drug-likeness (QED) is 0.668. The monoisotopic (exact) mass is 312 g/mol. The highest BCUT2D eigenvalue weighted by atomic mass is 15.1. The van der Waals surface area contributed by atoms with Crippen LogP contribution in [-0.2, 0) is 5.54 Å². The van der Waals surface area contributed by atoms with Gasteiger partial charge in [0.2, 0.25) is 0 Å². The predicted octanol–water partition coefficient (Wildman–Crippen LogP) is 5.46. The minimum absolute atomic E-state index is 0.370. The molecule has 1 aliphatic rings. The Labute approximate surface area is 142 Å². The summed E-state index contributed by atoms with van der Waals surface area (Å²) in [5.74, 6) is 0. The summed E-state index contributed by atoms with van der Waals surface area (Å²) in [4.78, 5) is 5.06. The average molecular weight is 312 g/mol. The van der Waals surface area contributed by atoms with E-state index in [1.807, 2.05) is 12.1 Å². The van der Waals surface area contributed by atoms with Gasteiger partial charge in [-0.05, 0) is 42.7 Å². The first-order valence-electron chi connectivity index (χ1n) is 8.26. The maximum atomic E-state index is 5.06. The van der Waals surface area contributed by atoms with E-state index in [9.17, 15) is 0 Å². The highest BCUT2D eigenvalue weighted by Crippen LogP contribution is 2.40. The minimum atomic E-state index is -0.370. The third-order valence-corrected chi connectivity index (χ3v) is 4.64. The van der Waals surface area contributed by atoms with Crippen LogP contribution in [0.1, 0.15) is 23.6 Å². The van der Waals surface area contributed by atoms with Gasteiger partial charge in [-0.15, -0.1) is 0 Å². The van der Waals surface area contributed by atoms with Crippen LogP contribution in [-0.4, -0.2) is 5.71 Å². The molecule has 1 atom stereocenters. The van der Waals surface area contributed by atoms with Crippen molar-refractivity contribution in [3.05, 3.63) is 95.6 Å². The Morgan fingerprint density at radius 3 is 2.21 bits per heavy atom. The van der Waals surface area contributed by atoms with Gasteiger partial charge in [0.1, 0.15) is 5.54 Å². The first-order chi connectivity index (χ1) is 11.7. The van der Waals surface area contributed by atoms with Crippen LogP contribution in [0.25, 0.3) is 0 Å². The Morgan fingerprint density at radius 1 is 0.833 bits per heavy atom. The third kappa shape index (κ3) is 2.41. The molecule has 1 unspecified atom stereocenters. The normalized spacial score (nSPS) is 19.2. The minimum Gasteiger partial charge on any atom is -0.369 e. The highest BCUT2D eigenvalue weighted by Gasteiger charge is 2.36. The molecule has 1 N–H and O–H groups in total. The predicted molar refractivity (Wildman–Crippen MR) is 101 cm³/mol. The molecule has 118 valence electrons. The summed E-state index contributed by atoms with van der Waals surface area (Å²) in [7, 11) is 0. The second kappa shape index (κ2) is 5.64. The molecule has 0 bridgehead atoms. The van der Waals surface area contributed by atoms with Crippen molar-refractivity contribution in [3.8, 4) is 0 Å². The van der Waals surface area contributed by atoms with Crippen LogP contribution in [0.3, 0.4) is 0 Å². The first kappa shape index (κ1) is 14.7. The zero-order valence-corrected chi connectivity index (χ0v) is 14.0. The van der Waals surface area contributed by atoms with Gasteiger partial charge >= 0.3 is 0 Å². The van der Waals surface area contributed by atoms with Crippen LogP contribution in [0.4, 0.5) is 11.4 Å². The number of aryl methyl sites for hydroxylation is 1. The Morgan fingerprint density at radius 2 is 1.50 bits per heavy atom. The van der Waals surface area contributed by atoms with Gasteiger partial charge in [0, 0.05) is 0 Å². The topological polar surface area (TPSA) is 24.4 Å². The molecule has 2 heteroatoms. The zero-order valence-electron chi connectivity index (χ0n) is 14.0. The van der Waals surface area contributed by atoms with Crippen LogP contribution in [0.15, 0.2) is 83.9 Å². The van der Waals surface area contributed by atoms with Crippen molar-refractivity contribution in [3.63, 3.8) is 0 Å². The molecule has 2 nitrogen and oxygen atoms in total. The molecule has 0 saturated carbocycles. The fourth-order valence-corrected chi connectivity index (χ4v) is 3.33. The van der Waals surface area contributed by atoms with E-state index < -0.39 is 0 Å². The number of fused-ring (bicyclic) bond motifs is 1. The fraction of sp³-hybridized carbons (Fsp3) is 0.136. The van der Waals surface area contributed by atoms with Crippen molar-refractivity contribution in [1.29, 1.82) is 0 Å². The second-order valence-electron chi connectivity index (χ2n) is 6.46. The molecule has 0 aliphatic carbocycles. The van der Waals surface area contributed by atoms with Crippen molar-refractivity contribution >= 4 is 17.1 Å². The first-order valence-corrected chi connectivity index (χ1v) is 8.26. The van der Waals surface area contributed by atoms with Gasteiger partial charge in [-0.1, -0.05) is 66.7 Å². The van der Waals surface area contributed by atoms with Crippen LogP contribution < -0.4 is 5.32 Å². The molecule has 0 fully saturated rings. The Hall–Kier alpha value is -2.87. The Balaban J connectivity index is 1.95. The Kier molecular flexibility index (Phi) is 3.46. The van der Waals surface area contributed by atoms with Gasteiger partial charge in [-0.3, -0.25) is 0 Å². The maximum Gasteiger partial charge on any atom is 0.103 e. The van der Waals surface area contributed by atoms with Gasteiger partial charge in [0.25, 0.3) is 0 Å². The number of nitrogens with one attached hydrogen (secondary N) is 1. The van der Waals surface area contributed by atoms with E-state index in [1.165, 1.54) is 11.1 Å². The summed E-state index contributed by atoms with van der Waals surface area (Å²) >= 11 is 0. The number of hydrogen-bond acceptors (Lipinski definition) is 2. The van der Waals surface area contributed by atoms with E-state index in [0.717, 1.165) is 22.6 Å². The van der Waals surface area contributed by atoms with Crippen molar-refractivity contribution in [2.45, 2.75) is 19.4 Å². The molecule has 3 aromatic rings. The van der Waals surface area contributed by atoms with Crippen LogP contribution in [0.2, 0.25) is 0 Å². The van der Waals surface area contributed by atoms with Crippen molar-refractivity contribution in [1.82, 2.24) is 0 Å². The van der Waals surface area contributed by atoms with Crippen molar-refractivity contribution < 1.29 is 0 Å². The van der Waals surface area contributed by atoms with Gasteiger partial charge < -0.3 is 5.32 Å². The van der Waals surface area contributed by atoms with Crippen LogP contribution >= 0.6 is 0 Å². The molecule has 0 amide bonds. The number of nitrogens with zero attached hydrogens (tertiary/aromatic N) is 1. The molecule has 1 aliphatic heterocycles. The molecule has 0 saturated heterocycles. The lowest BCUT2D eigenvalue weighted by Gasteiger charge is -2.38. The molecule has 0 radical (unpaired) electrons. The SMILES string of the molecule is Cc1ccc2c(c1)N=C(c1ccccc1)C(C)(c1ccccc1)N2. The summed E-state index contributed by atoms with van der Waals surface area (Å²) in [6.07, 6.45) is 0. The molecule has 3 aromatic carbocycles. The van der Waals surface area contributed by atoms with E-state index in [0.29, 0.717) is 0 Å². The molecule has 0 aromatic heterocycles. The fourth-order valence-electron chi connectivity index (χ4n) is 3.33. The second-order valence-corrected chi connectivity index (χ2v) is 6.46. The average Bonchev–Trinajstić information content (AvgIpc) is 2.63. The summed E-state index contributed by atoms with van der Waals surface area (Å²) in [6.45, 7) is 4.31. The maximum absolute atomic E-state index is 5.06. The van der Waals surface area contributed by atoms with Crippen LogP contribution in [0.5, 0.6) is 0 Å². The summed E-state index contributed by atoms with van der Waals surface area (Å²) in [5, 5.41) is 3.73. The van der Waals surface area contributed by atoms with Gasteiger partial charge in [0.15, 0.2) is 0 Å². The Bertz CT molecular complexity index is 898. The van der Waals surface area contributed by atoms with E-state index in [-0.39, 0.29) is 5.54 Å². The summed E-state index contributed by atoms with van der Waals surface area (Å²) in [6, 6.07) is 27.3. The number of hydrogen-bond donors (Lipinski definition) is 1. The number of rotatable bonds is 2. The lowest BCUT2D eigenvalue weighted by Crippen LogP contribution is -2.42. The van der Waals surface area contributed by atoms with E-state index >= 15 is 0 Å². The number of benzene rings is 3. The molecule has 0 spiro atoms. The van der Waals surface area contributed by atoms with E-state index in [2.05, 4.69) is 85.9 Å². The molecular formula is C22H20N2. The van der Waals surface area contributed by atoms with Gasteiger partial charge in [0.05, 0.1) is 17.1 Å². The highest BCUT2D eigenvalue weighted by molar-refractivity contribution is 6.12. The number of aliphatic imine (C=N–C) groups is 1. The molecular weight excluding hydrogens is 292 g/mol. The van der Waals surface area contributed by atoms with Gasteiger partial charge in [-0.25, -0.2) is 4.99 Å². The largest absolute Gasteiger partial charge is 0.369 e. The van der Waals surface area contributed by atoms with Crippen molar-refractivity contribution in [2.75, 3.05) is 5.32 Å². The standard InChI is InChI=1S/C22H20N2/c1-16-13-14-19-20(15-16)23-21(17-9-5-3-6-10-17)22(2,24-19)18-11-7-4-8-12-18/h3-15,24H,1-2H3. The van der Waals surface area contributed by atoms with Crippen molar-refractivity contribution in [2.24, 2.45) is 4.99 Å². The van der Waals surface area contributed by atoms with E-state index in [1.54, 1.807) is 0 Å². The van der Waals surface area contributed by atoms with E-state index in [4.69, 9.17) is 4.99 Å². The lowest BCUT2D eigenvalue weighted by atomic mass is 9.81. The smallest absolute Gasteiger partial charge is 0.103 e. The van der Waals surface area contributed by atoms with Gasteiger partial charge in [-0.2, -0.15) is 0 Å². The lowest BCUT2D eigenvalue weighted by molar-refractivity contribution is 0.730. The summed E-state index contributed by atoms with van der Waals surface area (Å²) < 4.78 is 0.